The Labute approximate surface area is 111 Å². The van der Waals surface area contributed by atoms with E-state index in [0.717, 1.165) is 31.2 Å². The number of unbranched alkanes of at least 4 members (excludes halogenated alkanes) is 2. The molecule has 1 aromatic carbocycles. The molecule has 0 amide bonds. The highest BCUT2D eigenvalue weighted by Crippen LogP contribution is 2.16. The summed E-state index contributed by atoms with van der Waals surface area (Å²) in [4.78, 5) is 0.388. The van der Waals surface area contributed by atoms with Crippen molar-refractivity contribution in [1.29, 1.82) is 0 Å². The fourth-order valence-corrected chi connectivity index (χ4v) is 2.99. The molecule has 0 bridgehead atoms. The van der Waals surface area contributed by atoms with Gasteiger partial charge in [-0.3, -0.25) is 0 Å². The second-order valence-electron chi connectivity index (χ2n) is 4.53. The van der Waals surface area contributed by atoms with Crippen LogP contribution in [0.1, 0.15) is 38.7 Å². The van der Waals surface area contributed by atoms with Crippen molar-refractivity contribution in [1.82, 2.24) is 4.31 Å². The van der Waals surface area contributed by atoms with Crippen LogP contribution < -0.4 is 0 Å². The molecule has 0 heterocycles. The van der Waals surface area contributed by atoms with Gasteiger partial charge in [-0.05, 0) is 30.5 Å². The summed E-state index contributed by atoms with van der Waals surface area (Å²) >= 11 is 0. The van der Waals surface area contributed by atoms with Crippen molar-refractivity contribution in [3.8, 4) is 0 Å². The Hall–Kier alpha value is -0.870. The maximum Gasteiger partial charge on any atom is 0.242 e. The van der Waals surface area contributed by atoms with Gasteiger partial charge in [0.2, 0.25) is 10.0 Å². The van der Waals surface area contributed by atoms with Crippen molar-refractivity contribution >= 4 is 10.0 Å². The standard InChI is InChI=1S/C14H23NO2S/c1-4-6-7-12-15(3)18(16,17)14-10-8-13(5-2)9-11-14/h8-11H,4-7,12H2,1-3H3. The van der Waals surface area contributed by atoms with Crippen LogP contribution in [-0.4, -0.2) is 26.3 Å². The summed E-state index contributed by atoms with van der Waals surface area (Å²) in [6, 6.07) is 7.16. The average Bonchev–Trinajstić information content (AvgIpc) is 2.39. The quantitative estimate of drug-likeness (QED) is 0.713. The van der Waals surface area contributed by atoms with E-state index in [4.69, 9.17) is 0 Å². The summed E-state index contributed by atoms with van der Waals surface area (Å²) in [6.07, 6.45) is 4.00. The SMILES string of the molecule is CCCCCN(C)S(=O)(=O)c1ccc(CC)cc1. The maximum absolute atomic E-state index is 12.3. The van der Waals surface area contributed by atoms with Crippen LogP contribution in [0.4, 0.5) is 0 Å². The van der Waals surface area contributed by atoms with E-state index in [2.05, 4.69) is 13.8 Å². The van der Waals surface area contributed by atoms with Crippen LogP contribution in [0.25, 0.3) is 0 Å². The highest BCUT2D eigenvalue weighted by molar-refractivity contribution is 7.89. The minimum Gasteiger partial charge on any atom is -0.207 e. The first kappa shape index (κ1) is 15.2. The van der Waals surface area contributed by atoms with Gasteiger partial charge in [-0.25, -0.2) is 12.7 Å². The lowest BCUT2D eigenvalue weighted by Gasteiger charge is -2.17. The number of rotatable bonds is 7. The predicted molar refractivity (Wildman–Crippen MR) is 75.2 cm³/mol. The molecule has 1 rings (SSSR count). The third-order valence-corrected chi connectivity index (χ3v) is 4.99. The summed E-state index contributed by atoms with van der Waals surface area (Å²) in [5.41, 5.74) is 1.16. The molecule has 0 saturated carbocycles. The van der Waals surface area contributed by atoms with E-state index >= 15 is 0 Å². The number of hydrogen-bond acceptors (Lipinski definition) is 2. The van der Waals surface area contributed by atoms with E-state index in [1.807, 2.05) is 12.1 Å². The number of nitrogens with zero attached hydrogens (tertiary/aromatic N) is 1. The lowest BCUT2D eigenvalue weighted by molar-refractivity contribution is 0.454. The topological polar surface area (TPSA) is 37.4 Å². The lowest BCUT2D eigenvalue weighted by Crippen LogP contribution is -2.27. The van der Waals surface area contributed by atoms with E-state index in [9.17, 15) is 8.42 Å². The van der Waals surface area contributed by atoms with Crippen LogP contribution in [0.15, 0.2) is 29.2 Å². The summed E-state index contributed by atoms with van der Waals surface area (Å²) < 4.78 is 26.0. The zero-order valence-electron chi connectivity index (χ0n) is 11.5. The van der Waals surface area contributed by atoms with E-state index in [-0.39, 0.29) is 0 Å². The maximum atomic E-state index is 12.3. The number of aryl methyl sites for hydroxylation is 1. The van der Waals surface area contributed by atoms with Gasteiger partial charge >= 0.3 is 0 Å². The Kier molecular flexibility index (Phi) is 5.82. The Morgan fingerprint density at radius 1 is 1.06 bits per heavy atom. The summed E-state index contributed by atoms with van der Waals surface area (Å²) in [7, 11) is -1.66. The molecular weight excluding hydrogens is 246 g/mol. The van der Waals surface area contributed by atoms with Gasteiger partial charge in [-0.2, -0.15) is 0 Å². The highest BCUT2D eigenvalue weighted by atomic mass is 32.2. The van der Waals surface area contributed by atoms with Crippen molar-refractivity contribution in [3.63, 3.8) is 0 Å². The van der Waals surface area contributed by atoms with Gasteiger partial charge in [-0.1, -0.05) is 38.8 Å². The predicted octanol–water partition coefficient (Wildman–Crippen LogP) is 3.06. The van der Waals surface area contributed by atoms with Crippen LogP contribution in [0, 0.1) is 0 Å². The smallest absolute Gasteiger partial charge is 0.207 e. The van der Waals surface area contributed by atoms with E-state index in [1.165, 1.54) is 4.31 Å². The first-order valence-electron chi connectivity index (χ1n) is 6.57. The minimum atomic E-state index is -3.31. The molecule has 0 spiro atoms. The monoisotopic (exact) mass is 269 g/mol. The third kappa shape index (κ3) is 3.82. The molecule has 0 aliphatic carbocycles. The fraction of sp³-hybridized carbons (Fsp3) is 0.571. The molecule has 0 aliphatic rings. The summed E-state index contributed by atoms with van der Waals surface area (Å²) in [5, 5.41) is 0. The van der Waals surface area contributed by atoms with Crippen molar-refractivity contribution in [3.05, 3.63) is 29.8 Å². The molecule has 0 fully saturated rings. The van der Waals surface area contributed by atoms with Crippen molar-refractivity contribution in [2.24, 2.45) is 0 Å². The molecule has 0 N–H and O–H groups in total. The molecule has 3 nitrogen and oxygen atoms in total. The Morgan fingerprint density at radius 2 is 1.67 bits per heavy atom. The molecule has 0 aromatic heterocycles. The van der Waals surface area contributed by atoms with Crippen LogP contribution in [0.2, 0.25) is 0 Å². The van der Waals surface area contributed by atoms with Gasteiger partial charge in [0.05, 0.1) is 4.90 Å². The molecule has 4 heteroatoms. The minimum absolute atomic E-state index is 0.388. The van der Waals surface area contributed by atoms with Gasteiger partial charge < -0.3 is 0 Å². The number of hydrogen-bond donors (Lipinski definition) is 0. The summed E-state index contributed by atoms with van der Waals surface area (Å²) in [5.74, 6) is 0. The zero-order valence-corrected chi connectivity index (χ0v) is 12.3. The van der Waals surface area contributed by atoms with E-state index < -0.39 is 10.0 Å². The normalized spacial score (nSPS) is 12.0. The third-order valence-electron chi connectivity index (χ3n) is 3.12. The van der Waals surface area contributed by atoms with Gasteiger partial charge in [0.25, 0.3) is 0 Å². The number of benzene rings is 1. The van der Waals surface area contributed by atoms with Crippen LogP contribution in [0.5, 0.6) is 0 Å². The molecule has 1 aromatic rings. The van der Waals surface area contributed by atoms with Crippen molar-refractivity contribution in [2.75, 3.05) is 13.6 Å². The van der Waals surface area contributed by atoms with Gasteiger partial charge in [-0.15, -0.1) is 0 Å². The van der Waals surface area contributed by atoms with Gasteiger partial charge in [0.1, 0.15) is 0 Å². The summed E-state index contributed by atoms with van der Waals surface area (Å²) in [6.45, 7) is 4.75. The van der Waals surface area contributed by atoms with Crippen molar-refractivity contribution < 1.29 is 8.42 Å². The van der Waals surface area contributed by atoms with Gasteiger partial charge in [0, 0.05) is 13.6 Å². The molecule has 0 radical (unpaired) electrons. The molecule has 18 heavy (non-hydrogen) atoms. The first-order chi connectivity index (χ1) is 8.52. The largest absolute Gasteiger partial charge is 0.242 e. The molecule has 0 atom stereocenters. The van der Waals surface area contributed by atoms with E-state index in [1.54, 1.807) is 19.2 Å². The van der Waals surface area contributed by atoms with E-state index in [0.29, 0.717) is 11.4 Å². The zero-order chi connectivity index (χ0) is 13.6. The molecule has 0 saturated heterocycles. The van der Waals surface area contributed by atoms with Gasteiger partial charge in [0.15, 0.2) is 0 Å². The van der Waals surface area contributed by atoms with Crippen LogP contribution >= 0.6 is 0 Å². The van der Waals surface area contributed by atoms with Crippen molar-refractivity contribution in [2.45, 2.75) is 44.4 Å². The lowest BCUT2D eigenvalue weighted by atomic mass is 10.2. The Bertz CT molecular complexity index is 451. The Balaban J connectivity index is 2.77. The Morgan fingerprint density at radius 3 is 2.17 bits per heavy atom. The highest BCUT2D eigenvalue weighted by Gasteiger charge is 2.19. The van der Waals surface area contributed by atoms with Crippen LogP contribution in [0.3, 0.4) is 0 Å². The first-order valence-corrected chi connectivity index (χ1v) is 8.01. The molecule has 102 valence electrons. The fourth-order valence-electron chi connectivity index (χ4n) is 1.78. The molecule has 0 aliphatic heterocycles. The molecule has 0 unspecified atom stereocenters. The average molecular weight is 269 g/mol. The molecular formula is C14H23NO2S. The van der Waals surface area contributed by atoms with Crippen LogP contribution in [-0.2, 0) is 16.4 Å². The second kappa shape index (κ2) is 6.90. The number of sulfonamides is 1. The second-order valence-corrected chi connectivity index (χ2v) is 6.58.